The Morgan fingerprint density at radius 3 is 2.57 bits per heavy atom. The maximum atomic E-state index is 13.3. The Morgan fingerprint density at radius 2 is 1.90 bits per heavy atom. The third-order valence-electron chi connectivity index (χ3n) is 3.24. The summed E-state index contributed by atoms with van der Waals surface area (Å²) in [5, 5.41) is 1.42. The normalized spacial score (nSPS) is 12.8. The Morgan fingerprint density at radius 1 is 1.10 bits per heavy atom. The van der Waals surface area contributed by atoms with Crippen LogP contribution in [0.2, 0.25) is 10.0 Å². The molecule has 0 fully saturated rings. The van der Waals surface area contributed by atoms with Crippen LogP contribution in [0.3, 0.4) is 0 Å². The van der Waals surface area contributed by atoms with Crippen molar-refractivity contribution in [2.24, 2.45) is 5.84 Å². The van der Waals surface area contributed by atoms with Gasteiger partial charge in [0.1, 0.15) is 17.6 Å². The molecule has 0 aliphatic heterocycles. The van der Waals surface area contributed by atoms with Gasteiger partial charge in [-0.1, -0.05) is 41.4 Å². The van der Waals surface area contributed by atoms with E-state index < -0.39 is 11.9 Å². The standard InChI is InChI=1S/C15H11Cl2FN2O/c16-10-3-1-2-9-7-13(21-15(9)10)14(20-19)8-4-5-12(18)11(17)6-8/h1-7,14,20H,19H2. The molecule has 3 aromatic rings. The minimum atomic E-state index is -0.483. The average molecular weight is 325 g/mol. The van der Waals surface area contributed by atoms with Crippen molar-refractivity contribution >= 4 is 34.2 Å². The molecule has 3 N–H and O–H groups in total. The first-order valence-corrected chi connectivity index (χ1v) is 6.95. The fourth-order valence-corrected chi connectivity index (χ4v) is 2.63. The molecule has 3 nitrogen and oxygen atoms in total. The second kappa shape index (κ2) is 5.66. The summed E-state index contributed by atoms with van der Waals surface area (Å²) >= 11 is 11.9. The lowest BCUT2D eigenvalue weighted by Gasteiger charge is -2.14. The van der Waals surface area contributed by atoms with Crippen LogP contribution < -0.4 is 11.3 Å². The van der Waals surface area contributed by atoms with Crippen molar-refractivity contribution in [2.75, 3.05) is 0 Å². The van der Waals surface area contributed by atoms with Gasteiger partial charge in [0, 0.05) is 5.39 Å². The fourth-order valence-electron chi connectivity index (χ4n) is 2.22. The van der Waals surface area contributed by atoms with Crippen molar-refractivity contribution in [1.82, 2.24) is 5.43 Å². The molecule has 0 radical (unpaired) electrons. The van der Waals surface area contributed by atoms with Gasteiger partial charge in [-0.3, -0.25) is 5.84 Å². The van der Waals surface area contributed by atoms with E-state index in [1.807, 2.05) is 18.2 Å². The van der Waals surface area contributed by atoms with Crippen molar-refractivity contribution in [3.63, 3.8) is 0 Å². The number of fused-ring (bicyclic) bond motifs is 1. The predicted octanol–water partition coefficient (Wildman–Crippen LogP) is 4.43. The van der Waals surface area contributed by atoms with Gasteiger partial charge in [-0.2, -0.15) is 0 Å². The highest BCUT2D eigenvalue weighted by molar-refractivity contribution is 6.34. The zero-order valence-electron chi connectivity index (χ0n) is 10.7. The molecular weight excluding hydrogens is 314 g/mol. The van der Waals surface area contributed by atoms with Crippen LogP contribution in [0, 0.1) is 5.82 Å². The van der Waals surface area contributed by atoms with Crippen molar-refractivity contribution in [2.45, 2.75) is 6.04 Å². The van der Waals surface area contributed by atoms with Crippen LogP contribution >= 0.6 is 23.2 Å². The number of hydrazine groups is 1. The maximum absolute atomic E-state index is 13.3. The number of para-hydroxylation sites is 1. The van der Waals surface area contributed by atoms with Gasteiger partial charge in [0.05, 0.1) is 10.0 Å². The second-order valence-electron chi connectivity index (χ2n) is 4.58. The Hall–Kier alpha value is -1.59. The molecule has 2 aromatic carbocycles. The minimum Gasteiger partial charge on any atom is -0.457 e. The molecule has 0 saturated heterocycles. The van der Waals surface area contributed by atoms with Crippen LogP contribution in [0.1, 0.15) is 17.4 Å². The van der Waals surface area contributed by atoms with E-state index in [2.05, 4.69) is 5.43 Å². The van der Waals surface area contributed by atoms with Crippen LogP contribution in [-0.4, -0.2) is 0 Å². The number of rotatable bonds is 3. The fraction of sp³-hybridized carbons (Fsp3) is 0.0667. The lowest BCUT2D eigenvalue weighted by Crippen LogP contribution is -2.28. The van der Waals surface area contributed by atoms with Crippen LogP contribution in [-0.2, 0) is 0 Å². The van der Waals surface area contributed by atoms with Gasteiger partial charge in [0.2, 0.25) is 0 Å². The third-order valence-corrected chi connectivity index (χ3v) is 3.83. The van der Waals surface area contributed by atoms with E-state index >= 15 is 0 Å². The van der Waals surface area contributed by atoms with E-state index in [0.717, 1.165) is 5.39 Å². The monoisotopic (exact) mass is 324 g/mol. The largest absolute Gasteiger partial charge is 0.457 e. The number of nitrogens with two attached hydrogens (primary N) is 1. The molecule has 1 heterocycles. The number of benzene rings is 2. The maximum Gasteiger partial charge on any atom is 0.152 e. The van der Waals surface area contributed by atoms with Crippen LogP contribution in [0.25, 0.3) is 11.0 Å². The van der Waals surface area contributed by atoms with Crippen molar-refractivity contribution < 1.29 is 8.81 Å². The molecule has 1 unspecified atom stereocenters. The molecule has 6 heteroatoms. The minimum absolute atomic E-state index is 0.0295. The Kier molecular flexibility index (Phi) is 3.87. The van der Waals surface area contributed by atoms with Gasteiger partial charge in [-0.05, 0) is 29.8 Å². The number of nitrogens with one attached hydrogen (secondary N) is 1. The second-order valence-corrected chi connectivity index (χ2v) is 5.39. The van der Waals surface area contributed by atoms with Gasteiger partial charge in [-0.15, -0.1) is 0 Å². The Labute approximate surface area is 130 Å². The summed E-state index contributed by atoms with van der Waals surface area (Å²) in [6.45, 7) is 0. The molecular formula is C15H11Cl2FN2O. The molecule has 1 atom stereocenters. The zero-order valence-corrected chi connectivity index (χ0v) is 12.3. The summed E-state index contributed by atoms with van der Waals surface area (Å²) in [5.41, 5.74) is 3.92. The topological polar surface area (TPSA) is 51.2 Å². The summed E-state index contributed by atoms with van der Waals surface area (Å²) in [6.07, 6.45) is 0. The molecule has 0 spiro atoms. The van der Waals surface area contributed by atoms with Crippen LogP contribution in [0.5, 0.6) is 0 Å². The predicted molar refractivity (Wildman–Crippen MR) is 81.8 cm³/mol. The van der Waals surface area contributed by atoms with E-state index in [0.29, 0.717) is 21.9 Å². The third kappa shape index (κ3) is 2.63. The highest BCUT2D eigenvalue weighted by atomic mass is 35.5. The molecule has 0 amide bonds. The summed E-state index contributed by atoms with van der Waals surface area (Å²) < 4.78 is 19.0. The van der Waals surface area contributed by atoms with E-state index in [1.54, 1.807) is 12.1 Å². The Balaban J connectivity index is 2.09. The first kappa shape index (κ1) is 14.4. The van der Waals surface area contributed by atoms with E-state index in [1.165, 1.54) is 12.1 Å². The molecule has 0 aliphatic rings. The number of halogens is 3. The zero-order chi connectivity index (χ0) is 15.0. The Bertz CT molecular complexity index is 803. The van der Waals surface area contributed by atoms with E-state index in [9.17, 15) is 4.39 Å². The number of hydrogen-bond donors (Lipinski definition) is 2. The van der Waals surface area contributed by atoms with E-state index in [-0.39, 0.29) is 5.02 Å². The molecule has 1 aromatic heterocycles. The SMILES string of the molecule is NNC(c1ccc(F)c(Cl)c1)c1cc2cccc(Cl)c2o1. The highest BCUT2D eigenvalue weighted by Crippen LogP contribution is 2.32. The molecule has 0 bridgehead atoms. The van der Waals surface area contributed by atoms with Gasteiger partial charge in [0.15, 0.2) is 5.58 Å². The summed E-state index contributed by atoms with van der Waals surface area (Å²) in [5.74, 6) is 5.69. The van der Waals surface area contributed by atoms with Crippen LogP contribution in [0.15, 0.2) is 46.9 Å². The first-order chi connectivity index (χ1) is 10.1. The van der Waals surface area contributed by atoms with Gasteiger partial charge in [0.25, 0.3) is 0 Å². The van der Waals surface area contributed by atoms with Crippen LogP contribution in [0.4, 0.5) is 4.39 Å². The molecule has 21 heavy (non-hydrogen) atoms. The smallest absolute Gasteiger partial charge is 0.152 e. The summed E-state index contributed by atoms with van der Waals surface area (Å²) in [6, 6.07) is 11.3. The molecule has 0 saturated carbocycles. The average Bonchev–Trinajstić information content (AvgIpc) is 2.89. The molecule has 108 valence electrons. The van der Waals surface area contributed by atoms with Gasteiger partial charge >= 0.3 is 0 Å². The highest BCUT2D eigenvalue weighted by Gasteiger charge is 2.19. The lowest BCUT2D eigenvalue weighted by atomic mass is 10.0. The van der Waals surface area contributed by atoms with Gasteiger partial charge in [-0.25, -0.2) is 9.82 Å². The molecule has 3 rings (SSSR count). The van der Waals surface area contributed by atoms with Crippen molar-refractivity contribution in [3.05, 3.63) is 69.7 Å². The summed E-state index contributed by atoms with van der Waals surface area (Å²) in [4.78, 5) is 0. The lowest BCUT2D eigenvalue weighted by molar-refractivity contribution is 0.477. The van der Waals surface area contributed by atoms with Crippen molar-refractivity contribution in [3.8, 4) is 0 Å². The van der Waals surface area contributed by atoms with Gasteiger partial charge < -0.3 is 4.42 Å². The number of furan rings is 1. The quantitative estimate of drug-likeness (QED) is 0.553. The number of hydrogen-bond acceptors (Lipinski definition) is 3. The van der Waals surface area contributed by atoms with Crippen molar-refractivity contribution in [1.29, 1.82) is 0 Å². The summed E-state index contributed by atoms with van der Waals surface area (Å²) in [7, 11) is 0. The van der Waals surface area contributed by atoms with E-state index in [4.69, 9.17) is 33.5 Å². The first-order valence-electron chi connectivity index (χ1n) is 6.19. The molecule has 0 aliphatic carbocycles.